The van der Waals surface area contributed by atoms with Crippen LogP contribution in [0.5, 0.6) is 11.5 Å². The molecule has 0 unspecified atom stereocenters. The minimum absolute atomic E-state index is 0.0570. The molecule has 0 aromatic heterocycles. The number of nitro benzene ring substituents is 2. The highest BCUT2D eigenvalue weighted by molar-refractivity contribution is 5.64. The fourth-order valence-electron chi connectivity index (χ4n) is 2.04. The lowest BCUT2D eigenvalue weighted by Gasteiger charge is -2.14. The number of benzene rings is 2. The van der Waals surface area contributed by atoms with Crippen molar-refractivity contribution in [2.45, 2.75) is 12.4 Å². The second-order valence-electron chi connectivity index (χ2n) is 4.95. The molecule has 0 spiro atoms. The van der Waals surface area contributed by atoms with Gasteiger partial charge in [0.15, 0.2) is 0 Å². The van der Waals surface area contributed by atoms with Gasteiger partial charge in [-0.15, -0.1) is 0 Å². The van der Waals surface area contributed by atoms with E-state index in [1.165, 1.54) is 0 Å². The first-order chi connectivity index (χ1) is 12.3. The Hall–Kier alpha value is -3.38. The van der Waals surface area contributed by atoms with Crippen molar-refractivity contribution in [3.63, 3.8) is 0 Å². The topological polar surface area (TPSA) is 95.5 Å². The van der Waals surface area contributed by atoms with Crippen molar-refractivity contribution in [2.75, 3.05) is 0 Å². The number of halogens is 6. The Labute approximate surface area is 145 Å². The van der Waals surface area contributed by atoms with Crippen LogP contribution in [-0.4, -0.2) is 9.85 Å². The van der Waals surface area contributed by atoms with Gasteiger partial charge in [0, 0.05) is 12.1 Å². The molecule has 27 heavy (non-hydrogen) atoms. The van der Waals surface area contributed by atoms with Gasteiger partial charge in [-0.3, -0.25) is 20.2 Å². The summed E-state index contributed by atoms with van der Waals surface area (Å²) in [4.78, 5) is 19.3. The predicted octanol–water partition coefficient (Wildman–Crippen LogP) is 5.33. The molecule has 7 nitrogen and oxygen atoms in total. The lowest BCUT2D eigenvalue weighted by atomic mass is 10.1. The lowest BCUT2D eigenvalue weighted by Crippen LogP contribution is -2.10. The number of ether oxygens (including phenoxy) is 1. The minimum Gasteiger partial charge on any atom is -0.444 e. The van der Waals surface area contributed by atoms with Gasteiger partial charge in [-0.25, -0.2) is 0 Å². The molecule has 0 saturated carbocycles. The molecule has 0 aliphatic heterocycles. The van der Waals surface area contributed by atoms with Crippen molar-refractivity contribution in [3.05, 3.63) is 67.8 Å². The zero-order valence-corrected chi connectivity index (χ0v) is 12.7. The summed E-state index contributed by atoms with van der Waals surface area (Å²) in [6.07, 6.45) is -10.1. The zero-order chi connectivity index (χ0) is 20.6. The van der Waals surface area contributed by atoms with Crippen LogP contribution in [0.4, 0.5) is 37.7 Å². The largest absolute Gasteiger partial charge is 0.444 e. The van der Waals surface area contributed by atoms with Gasteiger partial charge >= 0.3 is 23.7 Å². The number of para-hydroxylation sites is 1. The maximum Gasteiger partial charge on any atom is 0.419 e. The van der Waals surface area contributed by atoms with E-state index in [2.05, 4.69) is 0 Å². The highest BCUT2D eigenvalue weighted by Gasteiger charge is 2.40. The van der Waals surface area contributed by atoms with Crippen molar-refractivity contribution in [1.29, 1.82) is 0 Å². The van der Waals surface area contributed by atoms with E-state index in [9.17, 15) is 46.6 Å². The summed E-state index contributed by atoms with van der Waals surface area (Å²) in [5, 5.41) is 22.1. The Balaban J connectivity index is 2.74. The fraction of sp³-hybridized carbons (Fsp3) is 0.143. The summed E-state index contributed by atoms with van der Waals surface area (Å²) in [6.45, 7) is 0. The fourth-order valence-corrected chi connectivity index (χ4v) is 2.04. The van der Waals surface area contributed by atoms with Crippen LogP contribution in [-0.2, 0) is 12.4 Å². The van der Waals surface area contributed by atoms with Crippen LogP contribution in [0.15, 0.2) is 36.4 Å². The van der Waals surface area contributed by atoms with Crippen LogP contribution in [0, 0.1) is 20.2 Å². The third-order valence-corrected chi connectivity index (χ3v) is 3.17. The van der Waals surface area contributed by atoms with Crippen LogP contribution in [0.3, 0.4) is 0 Å². The Morgan fingerprint density at radius 3 is 1.70 bits per heavy atom. The molecule has 0 aliphatic carbocycles. The number of rotatable bonds is 4. The van der Waals surface area contributed by atoms with Gasteiger partial charge in [0.2, 0.25) is 0 Å². The molecule has 0 atom stereocenters. The summed E-state index contributed by atoms with van der Waals surface area (Å²) in [5.74, 6) is -2.40. The minimum atomic E-state index is -5.17. The molecule has 0 N–H and O–H groups in total. The lowest BCUT2D eigenvalue weighted by molar-refractivity contribution is -0.396. The molecule has 2 aromatic carbocycles. The van der Waals surface area contributed by atoms with Gasteiger partial charge in [-0.05, 0) is 12.1 Å². The first kappa shape index (κ1) is 19.9. The van der Waals surface area contributed by atoms with E-state index in [4.69, 9.17) is 4.74 Å². The van der Waals surface area contributed by atoms with Crippen molar-refractivity contribution in [3.8, 4) is 11.5 Å². The number of nitro groups is 2. The van der Waals surface area contributed by atoms with Crippen LogP contribution >= 0.6 is 0 Å². The molecule has 2 rings (SSSR count). The van der Waals surface area contributed by atoms with Crippen LogP contribution < -0.4 is 4.74 Å². The Kier molecular flexibility index (Phi) is 4.97. The molecule has 0 aliphatic rings. The van der Waals surface area contributed by atoms with E-state index < -0.39 is 56.2 Å². The molecule has 144 valence electrons. The molecular weight excluding hydrogens is 390 g/mol. The van der Waals surface area contributed by atoms with E-state index in [-0.39, 0.29) is 12.1 Å². The van der Waals surface area contributed by atoms with Crippen LogP contribution in [0.2, 0.25) is 0 Å². The third-order valence-electron chi connectivity index (χ3n) is 3.17. The standard InChI is InChI=1S/C14H6F6N2O5/c15-13(16,17)7-5-9(21(23)24)12(10(6-7)22(25)26)27-11-4-2-1-3-8(11)14(18,19)20/h1-6H. The molecular formula is C14H6F6N2O5. The van der Waals surface area contributed by atoms with Crippen molar-refractivity contribution >= 4 is 11.4 Å². The maximum atomic E-state index is 13.0. The average Bonchev–Trinajstić information content (AvgIpc) is 2.52. The zero-order valence-electron chi connectivity index (χ0n) is 12.7. The van der Waals surface area contributed by atoms with Gasteiger partial charge in [-0.1, -0.05) is 12.1 Å². The first-order valence-corrected chi connectivity index (χ1v) is 6.70. The summed E-state index contributed by atoms with van der Waals surface area (Å²) in [5.41, 5.74) is -6.16. The number of alkyl halides is 6. The molecule has 13 heteroatoms. The Morgan fingerprint density at radius 2 is 1.30 bits per heavy atom. The average molecular weight is 396 g/mol. The quantitative estimate of drug-likeness (QED) is 0.395. The Morgan fingerprint density at radius 1 is 0.815 bits per heavy atom. The number of hydrogen-bond acceptors (Lipinski definition) is 5. The van der Waals surface area contributed by atoms with Crippen LogP contribution in [0.1, 0.15) is 11.1 Å². The normalized spacial score (nSPS) is 11.9. The van der Waals surface area contributed by atoms with Gasteiger partial charge in [0.25, 0.3) is 5.75 Å². The van der Waals surface area contributed by atoms with E-state index in [1.807, 2.05) is 0 Å². The van der Waals surface area contributed by atoms with Crippen molar-refractivity contribution in [2.24, 2.45) is 0 Å². The number of nitrogens with zero attached hydrogens (tertiary/aromatic N) is 2. The third kappa shape index (κ3) is 4.24. The summed E-state index contributed by atoms with van der Waals surface area (Å²) in [7, 11) is 0. The Bertz CT molecular complexity index is 875. The molecule has 2 aromatic rings. The predicted molar refractivity (Wildman–Crippen MR) is 76.3 cm³/mol. The highest BCUT2D eigenvalue weighted by atomic mass is 19.4. The monoisotopic (exact) mass is 396 g/mol. The van der Waals surface area contributed by atoms with E-state index >= 15 is 0 Å². The molecule has 0 saturated heterocycles. The second-order valence-corrected chi connectivity index (χ2v) is 4.95. The van der Waals surface area contributed by atoms with Gasteiger partial charge in [-0.2, -0.15) is 26.3 Å². The van der Waals surface area contributed by atoms with Gasteiger partial charge in [0.05, 0.1) is 21.0 Å². The maximum absolute atomic E-state index is 13.0. The first-order valence-electron chi connectivity index (χ1n) is 6.70. The highest BCUT2D eigenvalue weighted by Crippen LogP contribution is 2.46. The smallest absolute Gasteiger partial charge is 0.419 e. The number of hydrogen-bond donors (Lipinski definition) is 0. The van der Waals surface area contributed by atoms with Gasteiger partial charge < -0.3 is 4.74 Å². The van der Waals surface area contributed by atoms with Crippen molar-refractivity contribution in [1.82, 2.24) is 0 Å². The summed E-state index contributed by atoms with van der Waals surface area (Å²) in [6, 6.07) is 3.15. The molecule has 0 heterocycles. The second kappa shape index (κ2) is 6.74. The molecule has 0 amide bonds. The van der Waals surface area contributed by atoms with E-state index in [1.54, 1.807) is 0 Å². The molecule has 0 fully saturated rings. The SMILES string of the molecule is O=[N+]([O-])c1cc(C(F)(F)F)cc([N+](=O)[O-])c1Oc1ccccc1C(F)(F)F. The molecule has 0 radical (unpaired) electrons. The van der Waals surface area contributed by atoms with E-state index in [0.29, 0.717) is 12.1 Å². The van der Waals surface area contributed by atoms with Crippen molar-refractivity contribution < 1.29 is 40.9 Å². The van der Waals surface area contributed by atoms with E-state index in [0.717, 1.165) is 12.1 Å². The summed E-state index contributed by atoms with van der Waals surface area (Å²) < 4.78 is 82.2. The molecule has 0 bridgehead atoms. The van der Waals surface area contributed by atoms with Gasteiger partial charge in [0.1, 0.15) is 5.75 Å². The van der Waals surface area contributed by atoms with Crippen LogP contribution in [0.25, 0.3) is 0 Å². The summed E-state index contributed by atoms with van der Waals surface area (Å²) >= 11 is 0.